The number of nitrogens with one attached hydrogen (secondary N) is 1. The Kier molecular flexibility index (Phi) is 69.7. The predicted molar refractivity (Wildman–Crippen MR) is 405 cm³/mol. The number of nitrogens with zero attached hydrogens (tertiary/aromatic N) is 1. The summed E-state index contributed by atoms with van der Waals surface area (Å²) in [4.78, 5) is 23.5. The van der Waals surface area contributed by atoms with Crippen molar-refractivity contribution >= 4 is 13.7 Å². The van der Waals surface area contributed by atoms with Crippen molar-refractivity contribution in [3.8, 4) is 0 Å². The Hall–Kier alpha value is -3.10. The summed E-state index contributed by atoms with van der Waals surface area (Å²) in [5, 5.41) is 14.0. The standard InChI is InChI=1S/C83H149N2O6P/c1-6-8-10-12-14-16-18-20-22-24-26-28-30-32-34-36-38-39-40-41-42-43-44-45-47-49-51-53-55-57-59-61-63-65-67-69-71-73-75-77-83(87)84-81(80-91-92(88,89)90-79-78-85(3,4)5)82(86)76-74-72-70-68-66-64-62-60-58-56-54-52-50-48-46-37-35-33-31-29-27-25-23-21-19-17-15-13-11-9-7-2/h8,10,14,16,20,22,26,28,32,34,38-39,41-42,44-45,49,51,74,76,81-82,86H,6-7,9,11-13,15,17-19,21,23-25,27,29-31,33,35-37,40,43,46-48,50,52-73,75,77-80H2,1-5H3,(H-,84,87,88,89)/p+1/b10-8-,16-14-,22-20-,28-26-,34-32-,39-38-,42-41-,45-44-,51-49-,76-74+. The molecule has 0 bridgehead atoms. The average molecular weight is 1300 g/mol. The van der Waals surface area contributed by atoms with Gasteiger partial charge in [-0.25, -0.2) is 4.57 Å². The molecule has 0 aliphatic carbocycles. The highest BCUT2D eigenvalue weighted by atomic mass is 31.2. The van der Waals surface area contributed by atoms with Crippen molar-refractivity contribution in [2.75, 3.05) is 40.9 Å². The van der Waals surface area contributed by atoms with E-state index < -0.39 is 20.0 Å². The summed E-state index contributed by atoms with van der Waals surface area (Å²) in [6.07, 6.45) is 108. The zero-order valence-corrected chi connectivity index (χ0v) is 61.9. The van der Waals surface area contributed by atoms with Gasteiger partial charge < -0.3 is 19.8 Å². The van der Waals surface area contributed by atoms with Crippen molar-refractivity contribution in [2.24, 2.45) is 0 Å². The lowest BCUT2D eigenvalue weighted by molar-refractivity contribution is -0.870. The maximum atomic E-state index is 13.1. The largest absolute Gasteiger partial charge is 0.472 e. The molecule has 0 fully saturated rings. The molecule has 0 saturated carbocycles. The van der Waals surface area contributed by atoms with Gasteiger partial charge in [-0.1, -0.05) is 373 Å². The van der Waals surface area contributed by atoms with E-state index >= 15 is 0 Å². The fourth-order valence-electron chi connectivity index (χ4n) is 11.2. The summed E-state index contributed by atoms with van der Waals surface area (Å²) in [5.41, 5.74) is 0. The molecule has 0 aliphatic heterocycles. The van der Waals surface area contributed by atoms with Crippen LogP contribution in [0.5, 0.6) is 0 Å². The fourth-order valence-corrected chi connectivity index (χ4v) is 12.0. The number of likely N-dealkylation sites (N-methyl/N-ethyl adjacent to an activating group) is 1. The van der Waals surface area contributed by atoms with Crippen molar-refractivity contribution in [1.29, 1.82) is 0 Å². The van der Waals surface area contributed by atoms with E-state index in [1.807, 2.05) is 27.2 Å². The van der Waals surface area contributed by atoms with Crippen LogP contribution >= 0.6 is 7.82 Å². The van der Waals surface area contributed by atoms with E-state index in [1.165, 1.54) is 231 Å². The number of phosphoric acid groups is 1. The minimum absolute atomic E-state index is 0.0568. The van der Waals surface area contributed by atoms with Crippen LogP contribution in [0.2, 0.25) is 0 Å². The smallest absolute Gasteiger partial charge is 0.387 e. The SMILES string of the molecule is CC/C=C\C/C=C\C/C=C\C/C=C\C/C=C\C/C=C\C/C=C\C/C=C\C/C=C\CCCCCCCCCCCCCC(=O)NC(COP(=O)(O)OCC[N+](C)(C)C)C(O)/C=C/CCCCCCCCCCCCCCCCCCCCCCCCCCCCCCC. The predicted octanol–water partition coefficient (Wildman–Crippen LogP) is 25.6. The second-order valence-corrected chi connectivity index (χ2v) is 28.8. The molecule has 0 radical (unpaired) electrons. The van der Waals surface area contributed by atoms with Crippen LogP contribution in [0.15, 0.2) is 122 Å². The lowest BCUT2D eigenvalue weighted by Gasteiger charge is -2.25. The molecule has 0 heterocycles. The number of aliphatic hydroxyl groups excluding tert-OH is 1. The number of aliphatic hydroxyl groups is 1. The number of phosphoric ester groups is 1. The van der Waals surface area contributed by atoms with Gasteiger partial charge in [0.1, 0.15) is 13.2 Å². The first-order valence-electron chi connectivity index (χ1n) is 38.9. The van der Waals surface area contributed by atoms with Gasteiger partial charge in [-0.05, 0) is 89.9 Å². The van der Waals surface area contributed by atoms with Crippen LogP contribution in [0.25, 0.3) is 0 Å². The van der Waals surface area contributed by atoms with Gasteiger partial charge in [0.05, 0.1) is 39.9 Å². The number of allylic oxidation sites excluding steroid dienone is 19. The molecule has 0 spiro atoms. The van der Waals surface area contributed by atoms with E-state index in [1.54, 1.807) is 6.08 Å². The molecule has 0 saturated heterocycles. The van der Waals surface area contributed by atoms with Crippen molar-refractivity contribution in [3.63, 3.8) is 0 Å². The third-order valence-corrected chi connectivity index (χ3v) is 18.2. The molecule has 0 aromatic carbocycles. The van der Waals surface area contributed by atoms with E-state index in [2.05, 4.69) is 129 Å². The maximum absolute atomic E-state index is 13.1. The highest BCUT2D eigenvalue weighted by Crippen LogP contribution is 2.43. The van der Waals surface area contributed by atoms with E-state index in [0.717, 1.165) is 96.3 Å². The van der Waals surface area contributed by atoms with Crippen LogP contribution in [0, 0.1) is 0 Å². The van der Waals surface area contributed by atoms with Crippen LogP contribution < -0.4 is 5.32 Å². The van der Waals surface area contributed by atoms with E-state index in [0.29, 0.717) is 17.4 Å². The Morgan fingerprint density at radius 3 is 0.957 bits per heavy atom. The monoisotopic (exact) mass is 1300 g/mol. The van der Waals surface area contributed by atoms with Crippen LogP contribution in [0.3, 0.4) is 0 Å². The summed E-state index contributed by atoms with van der Waals surface area (Å²) in [5.74, 6) is -0.180. The highest BCUT2D eigenvalue weighted by Gasteiger charge is 2.28. The van der Waals surface area contributed by atoms with Gasteiger partial charge in [-0.3, -0.25) is 13.8 Å². The lowest BCUT2D eigenvalue weighted by Crippen LogP contribution is -2.45. The summed E-state index contributed by atoms with van der Waals surface area (Å²) < 4.78 is 23.9. The normalized spacial score (nSPS) is 14.2. The van der Waals surface area contributed by atoms with Gasteiger partial charge >= 0.3 is 7.82 Å². The maximum Gasteiger partial charge on any atom is 0.472 e. The second kappa shape index (κ2) is 72.2. The number of carbonyl (C=O) groups is 1. The number of carbonyl (C=O) groups excluding carboxylic acids is 1. The molecule has 9 heteroatoms. The Morgan fingerprint density at radius 1 is 0.380 bits per heavy atom. The number of amides is 1. The van der Waals surface area contributed by atoms with Gasteiger partial charge in [0.2, 0.25) is 5.91 Å². The number of unbranched alkanes of at least 4 members (excludes halogenated alkanes) is 40. The molecule has 532 valence electrons. The third kappa shape index (κ3) is 74.3. The fraction of sp³-hybridized carbons (Fsp3) is 0.747. The van der Waals surface area contributed by atoms with E-state index in [4.69, 9.17) is 9.05 Å². The topological polar surface area (TPSA) is 105 Å². The molecule has 3 unspecified atom stereocenters. The first-order chi connectivity index (χ1) is 45.0. The summed E-state index contributed by atoms with van der Waals surface area (Å²) in [6.45, 7) is 4.73. The van der Waals surface area contributed by atoms with Gasteiger partial charge in [-0.15, -0.1) is 0 Å². The van der Waals surface area contributed by atoms with Gasteiger partial charge in [0.25, 0.3) is 0 Å². The highest BCUT2D eigenvalue weighted by molar-refractivity contribution is 7.47. The number of hydrogen-bond donors (Lipinski definition) is 3. The lowest BCUT2D eigenvalue weighted by atomic mass is 10.0. The molecular formula is C83H150N2O6P+. The van der Waals surface area contributed by atoms with Crippen LogP contribution in [0.4, 0.5) is 0 Å². The number of rotatable bonds is 71. The Morgan fingerprint density at radius 2 is 0.652 bits per heavy atom. The summed E-state index contributed by atoms with van der Waals surface area (Å²) in [7, 11) is 1.57. The molecular weight excluding hydrogens is 1150 g/mol. The molecule has 0 rings (SSSR count). The molecule has 92 heavy (non-hydrogen) atoms. The van der Waals surface area contributed by atoms with Gasteiger partial charge in [-0.2, -0.15) is 0 Å². The summed E-state index contributed by atoms with van der Waals surface area (Å²) >= 11 is 0. The average Bonchev–Trinajstić information content (AvgIpc) is 2.63. The zero-order valence-electron chi connectivity index (χ0n) is 61.0. The van der Waals surface area contributed by atoms with Crippen molar-refractivity contribution < 1.29 is 32.9 Å². The van der Waals surface area contributed by atoms with E-state index in [9.17, 15) is 19.4 Å². The van der Waals surface area contributed by atoms with Crippen LogP contribution in [0.1, 0.15) is 348 Å². The number of quaternary nitrogens is 1. The molecule has 0 aromatic heterocycles. The summed E-state index contributed by atoms with van der Waals surface area (Å²) in [6, 6.07) is -0.858. The zero-order chi connectivity index (χ0) is 66.9. The Labute approximate surface area is 571 Å². The molecule has 3 atom stereocenters. The van der Waals surface area contributed by atoms with Crippen LogP contribution in [-0.4, -0.2) is 73.4 Å². The molecule has 1 amide bonds. The Bertz CT molecular complexity index is 1920. The minimum atomic E-state index is -4.37. The number of hydrogen-bond acceptors (Lipinski definition) is 5. The van der Waals surface area contributed by atoms with Crippen LogP contribution in [-0.2, 0) is 18.4 Å². The van der Waals surface area contributed by atoms with Crippen molar-refractivity contribution in [3.05, 3.63) is 122 Å². The molecule has 8 nitrogen and oxygen atoms in total. The van der Waals surface area contributed by atoms with Gasteiger partial charge in [0.15, 0.2) is 0 Å². The van der Waals surface area contributed by atoms with Gasteiger partial charge in [0, 0.05) is 6.42 Å². The second-order valence-electron chi connectivity index (χ2n) is 27.4. The third-order valence-electron chi connectivity index (χ3n) is 17.2. The molecule has 0 aromatic rings. The van der Waals surface area contributed by atoms with E-state index in [-0.39, 0.29) is 19.1 Å². The van der Waals surface area contributed by atoms with Crippen molar-refractivity contribution in [1.82, 2.24) is 5.32 Å². The molecule has 0 aliphatic rings. The quantitative estimate of drug-likeness (QED) is 0.0243. The minimum Gasteiger partial charge on any atom is -0.387 e. The molecule has 3 N–H and O–H groups in total. The first kappa shape index (κ1) is 88.9. The van der Waals surface area contributed by atoms with Crippen molar-refractivity contribution in [2.45, 2.75) is 360 Å². The Balaban J connectivity index is 4.06. The first-order valence-corrected chi connectivity index (χ1v) is 40.4.